The van der Waals surface area contributed by atoms with Crippen molar-refractivity contribution in [2.24, 2.45) is 0 Å². The van der Waals surface area contributed by atoms with Crippen LogP contribution >= 0.6 is 0 Å². The molecule has 6 nitrogen and oxygen atoms in total. The number of phenols is 1. The third-order valence-electron chi connectivity index (χ3n) is 8.23. The number of aromatic amines is 1. The standard InChI is InChI=1S/C24H22N2O4/c1-26-9-8-23-18-12-6-7-16(27)21(18)30-22(23)19-14(11-24(23,29)17(26)10-12)20(28)13-4-2-3-5-15(13)25-19/h2-7,17,22,27,29H,8-11H2,1H3,(H,25,28)/t17-,22+,23+,24-/m1/s1. The van der Waals surface area contributed by atoms with E-state index in [9.17, 15) is 15.0 Å². The summed E-state index contributed by atoms with van der Waals surface area (Å²) in [6.45, 7) is 0.828. The molecule has 1 fully saturated rings. The zero-order chi connectivity index (χ0) is 20.4. The molecule has 3 aromatic rings. The molecule has 0 radical (unpaired) electrons. The van der Waals surface area contributed by atoms with Gasteiger partial charge in [0.2, 0.25) is 0 Å². The number of pyridine rings is 1. The second-order valence-electron chi connectivity index (χ2n) is 9.36. The van der Waals surface area contributed by atoms with E-state index in [-0.39, 0.29) is 23.6 Å². The number of piperidine rings is 1. The van der Waals surface area contributed by atoms with Gasteiger partial charge in [-0.25, -0.2) is 0 Å². The predicted octanol–water partition coefficient (Wildman–Crippen LogP) is 2.15. The smallest absolute Gasteiger partial charge is 0.193 e. The van der Waals surface area contributed by atoms with E-state index in [1.54, 1.807) is 6.07 Å². The molecule has 30 heavy (non-hydrogen) atoms. The number of phenolic OH excluding ortho intramolecular Hbond substituents is 1. The van der Waals surface area contributed by atoms with Crippen LogP contribution in [0.25, 0.3) is 10.9 Å². The van der Waals surface area contributed by atoms with Crippen molar-refractivity contribution >= 4 is 10.9 Å². The van der Waals surface area contributed by atoms with Crippen LogP contribution in [0, 0.1) is 0 Å². The molecule has 0 amide bonds. The third-order valence-corrected chi connectivity index (χ3v) is 8.23. The Kier molecular flexibility index (Phi) is 2.86. The second-order valence-corrected chi connectivity index (χ2v) is 9.36. The Hall–Kier alpha value is -2.83. The fraction of sp³-hybridized carbons (Fsp3) is 0.375. The normalized spacial score (nSPS) is 33.1. The Balaban J connectivity index is 1.62. The quantitative estimate of drug-likeness (QED) is 0.537. The number of nitrogens with zero attached hydrogens (tertiary/aromatic N) is 1. The number of nitrogens with one attached hydrogen (secondary N) is 1. The first-order valence-corrected chi connectivity index (χ1v) is 10.5. The highest BCUT2D eigenvalue weighted by Gasteiger charge is 2.72. The minimum atomic E-state index is -1.14. The van der Waals surface area contributed by atoms with Gasteiger partial charge in [0.05, 0.1) is 16.7 Å². The van der Waals surface area contributed by atoms with Crippen LogP contribution in [0.5, 0.6) is 11.5 Å². The van der Waals surface area contributed by atoms with Crippen molar-refractivity contribution in [2.45, 2.75) is 42.4 Å². The first-order chi connectivity index (χ1) is 14.5. The van der Waals surface area contributed by atoms with Crippen molar-refractivity contribution in [1.29, 1.82) is 0 Å². The minimum Gasteiger partial charge on any atom is -0.504 e. The summed E-state index contributed by atoms with van der Waals surface area (Å²) in [5.41, 5.74) is 2.33. The molecule has 4 aliphatic rings. The maximum Gasteiger partial charge on any atom is 0.193 e. The number of aromatic nitrogens is 1. The molecule has 2 aliphatic heterocycles. The van der Waals surface area contributed by atoms with Gasteiger partial charge in [-0.2, -0.15) is 0 Å². The molecule has 3 N–H and O–H groups in total. The van der Waals surface area contributed by atoms with Gasteiger partial charge in [0.1, 0.15) is 0 Å². The lowest BCUT2D eigenvalue weighted by molar-refractivity contribution is -0.168. The zero-order valence-corrected chi connectivity index (χ0v) is 16.6. The number of rotatable bonds is 0. The molecule has 6 heteroatoms. The number of aromatic hydroxyl groups is 1. The monoisotopic (exact) mass is 402 g/mol. The van der Waals surface area contributed by atoms with Crippen LogP contribution in [0.1, 0.15) is 34.9 Å². The molecular weight excluding hydrogens is 380 g/mol. The van der Waals surface area contributed by atoms with E-state index in [0.29, 0.717) is 29.5 Å². The van der Waals surface area contributed by atoms with Gasteiger partial charge in [-0.05, 0) is 50.2 Å². The van der Waals surface area contributed by atoms with Gasteiger partial charge in [-0.3, -0.25) is 4.79 Å². The van der Waals surface area contributed by atoms with Crippen LogP contribution in [0.2, 0.25) is 0 Å². The molecule has 1 spiro atoms. The molecule has 0 unspecified atom stereocenters. The maximum absolute atomic E-state index is 13.5. The SMILES string of the molecule is CN1CC[C@]23c4c5ccc(O)c4O[C@H]2c2[nH]c4ccccc4c(=O)c2C[C@@]3(O)[C@H]1C5. The average molecular weight is 402 g/mol. The molecule has 1 saturated heterocycles. The minimum absolute atomic E-state index is 0.0436. The average Bonchev–Trinajstić information content (AvgIpc) is 3.09. The van der Waals surface area contributed by atoms with Crippen molar-refractivity contribution in [3.8, 4) is 11.5 Å². The topological polar surface area (TPSA) is 85.8 Å². The molecule has 152 valence electrons. The van der Waals surface area contributed by atoms with E-state index in [4.69, 9.17) is 4.74 Å². The summed E-state index contributed by atoms with van der Waals surface area (Å²) in [7, 11) is 2.05. The lowest BCUT2D eigenvalue weighted by Crippen LogP contribution is -2.74. The maximum atomic E-state index is 13.5. The van der Waals surface area contributed by atoms with Gasteiger partial charge >= 0.3 is 0 Å². The second kappa shape index (κ2) is 5.07. The summed E-state index contributed by atoms with van der Waals surface area (Å²) in [4.78, 5) is 19.2. The van der Waals surface area contributed by atoms with Crippen LogP contribution in [0.4, 0.5) is 0 Å². The number of benzene rings is 2. The molecule has 2 aliphatic carbocycles. The van der Waals surface area contributed by atoms with Crippen LogP contribution in [-0.4, -0.2) is 45.3 Å². The van der Waals surface area contributed by atoms with Crippen molar-refractivity contribution in [3.05, 3.63) is 69.0 Å². The fourth-order valence-electron chi connectivity index (χ4n) is 6.91. The summed E-state index contributed by atoms with van der Waals surface area (Å²) in [6, 6.07) is 11.0. The number of H-pyrrole nitrogens is 1. The van der Waals surface area contributed by atoms with Gasteiger partial charge in [0, 0.05) is 34.5 Å². The number of aliphatic hydroxyl groups is 1. The van der Waals surface area contributed by atoms with Gasteiger partial charge in [0.25, 0.3) is 0 Å². The van der Waals surface area contributed by atoms with E-state index in [0.717, 1.165) is 28.9 Å². The van der Waals surface area contributed by atoms with E-state index < -0.39 is 17.1 Å². The Labute approximate surface area is 172 Å². The predicted molar refractivity (Wildman–Crippen MR) is 111 cm³/mol. The van der Waals surface area contributed by atoms with Gasteiger partial charge in [-0.15, -0.1) is 0 Å². The van der Waals surface area contributed by atoms with Crippen LogP contribution in [0.15, 0.2) is 41.2 Å². The summed E-state index contributed by atoms with van der Waals surface area (Å²) in [6.07, 6.45) is 1.14. The molecule has 4 atom stereocenters. The van der Waals surface area contributed by atoms with Crippen LogP contribution in [-0.2, 0) is 18.3 Å². The van der Waals surface area contributed by atoms with Crippen LogP contribution in [0.3, 0.4) is 0 Å². The van der Waals surface area contributed by atoms with Gasteiger partial charge < -0.3 is 24.8 Å². The van der Waals surface area contributed by atoms with E-state index in [1.807, 2.05) is 37.4 Å². The summed E-state index contributed by atoms with van der Waals surface area (Å²) in [5, 5.41) is 23.6. The van der Waals surface area contributed by atoms with Crippen molar-refractivity contribution < 1.29 is 14.9 Å². The van der Waals surface area contributed by atoms with Crippen molar-refractivity contribution in [3.63, 3.8) is 0 Å². The third kappa shape index (κ3) is 1.62. The zero-order valence-electron chi connectivity index (χ0n) is 16.6. The largest absolute Gasteiger partial charge is 0.504 e. The summed E-state index contributed by atoms with van der Waals surface area (Å²) in [5.74, 6) is 0.572. The molecule has 0 saturated carbocycles. The molecule has 7 rings (SSSR count). The van der Waals surface area contributed by atoms with Crippen LogP contribution < -0.4 is 10.2 Å². The molecule has 3 heterocycles. The lowest BCUT2D eigenvalue weighted by Gasteiger charge is -2.62. The molecule has 2 bridgehead atoms. The number of hydrogen-bond acceptors (Lipinski definition) is 5. The number of ether oxygens (including phenoxy) is 1. The Morgan fingerprint density at radius 2 is 2.07 bits per heavy atom. The van der Waals surface area contributed by atoms with E-state index in [1.165, 1.54) is 0 Å². The fourth-order valence-corrected chi connectivity index (χ4v) is 6.91. The van der Waals surface area contributed by atoms with E-state index in [2.05, 4.69) is 9.88 Å². The highest BCUT2D eigenvalue weighted by atomic mass is 16.5. The van der Waals surface area contributed by atoms with Gasteiger partial charge in [0.15, 0.2) is 23.0 Å². The summed E-state index contributed by atoms with van der Waals surface area (Å²) >= 11 is 0. The van der Waals surface area contributed by atoms with E-state index >= 15 is 0 Å². The highest BCUT2D eigenvalue weighted by Crippen LogP contribution is 2.68. The molecule has 2 aromatic carbocycles. The highest BCUT2D eigenvalue weighted by molar-refractivity contribution is 5.80. The Bertz CT molecular complexity index is 1330. The Morgan fingerprint density at radius 1 is 1.23 bits per heavy atom. The van der Waals surface area contributed by atoms with Gasteiger partial charge in [-0.1, -0.05) is 18.2 Å². The summed E-state index contributed by atoms with van der Waals surface area (Å²) < 4.78 is 6.44. The van der Waals surface area contributed by atoms with Crippen molar-refractivity contribution in [2.75, 3.05) is 13.6 Å². The first-order valence-electron chi connectivity index (χ1n) is 10.5. The number of likely N-dealkylation sites (tertiary alicyclic amines) is 1. The molecular formula is C24H22N2O4. The van der Waals surface area contributed by atoms with Crippen molar-refractivity contribution in [1.82, 2.24) is 9.88 Å². The first kappa shape index (κ1) is 16.9. The lowest BCUT2D eigenvalue weighted by atomic mass is 9.49. The molecule has 1 aromatic heterocycles. The Morgan fingerprint density at radius 3 is 2.93 bits per heavy atom. The number of likely N-dealkylation sites (N-methyl/N-ethyl adjacent to an activating group) is 1. The number of fused-ring (bicyclic) bond motifs is 3. The number of para-hydroxylation sites is 1. The number of hydrogen-bond donors (Lipinski definition) is 3.